The van der Waals surface area contributed by atoms with Crippen LogP contribution in [0.2, 0.25) is 0 Å². The summed E-state index contributed by atoms with van der Waals surface area (Å²) in [5, 5.41) is 0. The van der Waals surface area contributed by atoms with Crippen molar-refractivity contribution in [1.82, 2.24) is 0 Å². The highest BCUT2D eigenvalue weighted by Gasteiger charge is 2.06. The Balaban J connectivity index is 1.99. The monoisotopic (exact) mass is 232 g/mol. The minimum absolute atomic E-state index is 0.991. The number of benzene rings is 2. The molecule has 0 amide bonds. The average molecular weight is 232 g/mol. The van der Waals surface area contributed by atoms with Crippen LogP contribution in [-0.2, 0) is 12.8 Å². The zero-order valence-corrected chi connectivity index (χ0v) is 10.4. The summed E-state index contributed by atoms with van der Waals surface area (Å²) in [4.78, 5) is 0. The van der Waals surface area contributed by atoms with E-state index in [4.69, 9.17) is 0 Å². The number of fused-ring (bicyclic) bond motifs is 1. The van der Waals surface area contributed by atoms with Gasteiger partial charge in [0, 0.05) is 12.8 Å². The lowest BCUT2D eigenvalue weighted by Gasteiger charge is -2.12. The van der Waals surface area contributed by atoms with Gasteiger partial charge in [0.1, 0.15) is 0 Å². The van der Waals surface area contributed by atoms with E-state index in [2.05, 4.69) is 60.4 Å². The van der Waals surface area contributed by atoms with Crippen molar-refractivity contribution in [2.75, 3.05) is 0 Å². The van der Waals surface area contributed by atoms with E-state index in [1.54, 1.807) is 0 Å². The molecular formula is C18H16. The molecule has 0 atom stereocenters. The summed E-state index contributed by atoms with van der Waals surface area (Å²) in [5.74, 6) is 6.46. The lowest BCUT2D eigenvalue weighted by Crippen LogP contribution is -1.97. The zero-order chi connectivity index (χ0) is 12.2. The molecule has 0 heterocycles. The van der Waals surface area contributed by atoms with Crippen molar-refractivity contribution in [3.05, 3.63) is 59.7 Å². The second kappa shape index (κ2) is 5.10. The molecule has 0 radical (unpaired) electrons. The van der Waals surface area contributed by atoms with Crippen LogP contribution in [0.1, 0.15) is 24.0 Å². The normalized spacial score (nSPS) is 13.8. The smallest absolute Gasteiger partial charge is 0.0129 e. The van der Waals surface area contributed by atoms with Crippen LogP contribution in [0.5, 0.6) is 0 Å². The SMILES string of the molecule is C1#CCCc2cc(-c3ccccc3)ccc2CC1. The fraction of sp³-hybridized carbons (Fsp3) is 0.222. The van der Waals surface area contributed by atoms with Crippen LogP contribution in [0, 0.1) is 11.8 Å². The van der Waals surface area contributed by atoms with Gasteiger partial charge in [0.25, 0.3) is 0 Å². The first kappa shape index (κ1) is 11.1. The lowest BCUT2D eigenvalue weighted by atomic mass is 9.93. The molecule has 0 aromatic heterocycles. The van der Waals surface area contributed by atoms with Crippen LogP contribution in [0.3, 0.4) is 0 Å². The summed E-state index contributed by atoms with van der Waals surface area (Å²) in [6.07, 6.45) is 4.17. The summed E-state index contributed by atoms with van der Waals surface area (Å²) in [5.41, 5.74) is 5.57. The van der Waals surface area contributed by atoms with Gasteiger partial charge < -0.3 is 0 Å². The Labute approximate surface area is 109 Å². The largest absolute Gasteiger partial charge is 0.103 e. The minimum Gasteiger partial charge on any atom is -0.103 e. The topological polar surface area (TPSA) is 0 Å². The summed E-state index contributed by atoms with van der Waals surface area (Å²) < 4.78 is 0. The molecule has 0 unspecified atom stereocenters. The Bertz CT molecular complexity index is 597. The molecule has 1 aliphatic rings. The van der Waals surface area contributed by atoms with E-state index in [1.807, 2.05) is 0 Å². The Morgan fingerprint density at radius 2 is 1.39 bits per heavy atom. The Kier molecular flexibility index (Phi) is 3.15. The maximum atomic E-state index is 3.24. The first-order valence-electron chi connectivity index (χ1n) is 6.56. The van der Waals surface area contributed by atoms with Crippen LogP contribution in [-0.4, -0.2) is 0 Å². The van der Waals surface area contributed by atoms with Gasteiger partial charge in [0.2, 0.25) is 0 Å². The molecular weight excluding hydrogens is 216 g/mol. The van der Waals surface area contributed by atoms with Gasteiger partial charge in [-0.3, -0.25) is 0 Å². The van der Waals surface area contributed by atoms with Crippen LogP contribution in [0.4, 0.5) is 0 Å². The predicted molar refractivity (Wildman–Crippen MR) is 76.3 cm³/mol. The minimum atomic E-state index is 0.991. The fourth-order valence-corrected chi connectivity index (χ4v) is 2.48. The van der Waals surface area contributed by atoms with Gasteiger partial charge in [-0.1, -0.05) is 48.5 Å². The highest BCUT2D eigenvalue weighted by molar-refractivity contribution is 5.64. The van der Waals surface area contributed by atoms with E-state index < -0.39 is 0 Å². The summed E-state index contributed by atoms with van der Waals surface area (Å²) in [6, 6.07) is 17.5. The summed E-state index contributed by atoms with van der Waals surface area (Å²) >= 11 is 0. The third-order valence-corrected chi connectivity index (χ3v) is 3.48. The van der Waals surface area contributed by atoms with E-state index in [0.29, 0.717) is 0 Å². The maximum Gasteiger partial charge on any atom is 0.0129 e. The fourth-order valence-electron chi connectivity index (χ4n) is 2.48. The highest BCUT2D eigenvalue weighted by Crippen LogP contribution is 2.24. The molecule has 0 aliphatic heterocycles. The molecule has 88 valence electrons. The molecule has 0 saturated carbocycles. The van der Waals surface area contributed by atoms with E-state index >= 15 is 0 Å². The van der Waals surface area contributed by atoms with E-state index in [1.165, 1.54) is 22.3 Å². The summed E-state index contributed by atoms with van der Waals surface area (Å²) in [6.45, 7) is 0. The van der Waals surface area contributed by atoms with Crippen molar-refractivity contribution in [2.45, 2.75) is 25.7 Å². The molecule has 0 spiro atoms. The Hall–Kier alpha value is -2.00. The zero-order valence-electron chi connectivity index (χ0n) is 10.4. The standard InChI is InChI=1S/C18H16/c1-2-5-11-17-14-18(13-12-16(17)10-4-1)15-8-6-3-7-9-15/h3,6-9,12-14H,4-5,10-11H2. The number of rotatable bonds is 1. The molecule has 2 aromatic rings. The molecule has 3 rings (SSSR count). The van der Waals surface area contributed by atoms with Gasteiger partial charge in [0.05, 0.1) is 0 Å². The van der Waals surface area contributed by atoms with Gasteiger partial charge in [-0.15, -0.1) is 11.8 Å². The quantitative estimate of drug-likeness (QED) is 0.645. The first-order valence-corrected chi connectivity index (χ1v) is 6.56. The third kappa shape index (κ3) is 2.31. The van der Waals surface area contributed by atoms with Crippen molar-refractivity contribution in [3.8, 4) is 23.0 Å². The number of hydrogen-bond acceptors (Lipinski definition) is 0. The van der Waals surface area contributed by atoms with Crippen LogP contribution in [0.15, 0.2) is 48.5 Å². The second-order valence-electron chi connectivity index (χ2n) is 4.70. The van der Waals surface area contributed by atoms with Crippen molar-refractivity contribution in [3.63, 3.8) is 0 Å². The molecule has 1 aliphatic carbocycles. The molecule has 0 bridgehead atoms. The number of aryl methyl sites for hydroxylation is 2. The van der Waals surface area contributed by atoms with Crippen molar-refractivity contribution in [2.24, 2.45) is 0 Å². The first-order chi connectivity index (χ1) is 8.93. The molecule has 18 heavy (non-hydrogen) atoms. The molecule has 0 saturated heterocycles. The maximum absolute atomic E-state index is 3.24. The number of hydrogen-bond donors (Lipinski definition) is 0. The van der Waals surface area contributed by atoms with Crippen LogP contribution >= 0.6 is 0 Å². The highest BCUT2D eigenvalue weighted by atomic mass is 14.1. The predicted octanol–water partition coefficient (Wildman–Crippen LogP) is 4.24. The molecule has 0 fully saturated rings. The van der Waals surface area contributed by atoms with E-state index in [-0.39, 0.29) is 0 Å². The summed E-state index contributed by atoms with van der Waals surface area (Å²) in [7, 11) is 0. The van der Waals surface area contributed by atoms with Crippen molar-refractivity contribution >= 4 is 0 Å². The van der Waals surface area contributed by atoms with Crippen LogP contribution in [0.25, 0.3) is 11.1 Å². The van der Waals surface area contributed by atoms with E-state index in [0.717, 1.165) is 25.7 Å². The molecule has 0 nitrogen and oxygen atoms in total. The average Bonchev–Trinajstić information content (AvgIpc) is 2.40. The lowest BCUT2D eigenvalue weighted by molar-refractivity contribution is 0.928. The Morgan fingerprint density at radius 1 is 0.667 bits per heavy atom. The van der Waals surface area contributed by atoms with Crippen molar-refractivity contribution < 1.29 is 0 Å². The second-order valence-corrected chi connectivity index (χ2v) is 4.70. The molecule has 2 aromatic carbocycles. The van der Waals surface area contributed by atoms with Crippen LogP contribution < -0.4 is 0 Å². The third-order valence-electron chi connectivity index (χ3n) is 3.48. The Morgan fingerprint density at radius 3 is 2.17 bits per heavy atom. The van der Waals surface area contributed by atoms with Gasteiger partial charge in [-0.2, -0.15) is 0 Å². The molecule has 0 heteroatoms. The van der Waals surface area contributed by atoms with Crippen molar-refractivity contribution in [1.29, 1.82) is 0 Å². The van der Waals surface area contributed by atoms with Gasteiger partial charge >= 0.3 is 0 Å². The molecule has 0 N–H and O–H groups in total. The van der Waals surface area contributed by atoms with Gasteiger partial charge in [-0.25, -0.2) is 0 Å². The van der Waals surface area contributed by atoms with Gasteiger partial charge in [-0.05, 0) is 35.1 Å². The van der Waals surface area contributed by atoms with Gasteiger partial charge in [0.15, 0.2) is 0 Å². The van der Waals surface area contributed by atoms with E-state index in [9.17, 15) is 0 Å².